The number of aliphatic hydroxyl groups is 1. The zero-order chi connectivity index (χ0) is 20.1. The highest BCUT2D eigenvalue weighted by atomic mass is 19.4. The summed E-state index contributed by atoms with van der Waals surface area (Å²) in [6, 6.07) is 15.9. The Labute approximate surface area is 151 Å². The predicted octanol–water partition coefficient (Wildman–Crippen LogP) is 4.94. The van der Waals surface area contributed by atoms with E-state index < -0.39 is 30.1 Å². The molecular formula is C18H16F6N2O. The lowest BCUT2D eigenvalue weighted by Crippen LogP contribution is -2.58. The molecule has 9 heteroatoms. The Bertz CT molecular complexity index is 743. The molecule has 0 spiro atoms. The summed E-state index contributed by atoms with van der Waals surface area (Å²) < 4.78 is 78.1. The van der Waals surface area contributed by atoms with Crippen LogP contribution in [0.25, 0.3) is 0 Å². The second-order valence-corrected chi connectivity index (χ2v) is 5.85. The molecule has 0 aliphatic carbocycles. The molecule has 2 rings (SSSR count). The van der Waals surface area contributed by atoms with Gasteiger partial charge >= 0.3 is 12.4 Å². The van der Waals surface area contributed by atoms with Crippen LogP contribution in [0.2, 0.25) is 0 Å². The molecule has 146 valence electrons. The lowest BCUT2D eigenvalue weighted by atomic mass is 9.92. The standard InChI is InChI=1S/C18H16F6N2O/c19-17(20,21)16(27,18(22,23)24)12-15(11-13-7-3-1-4-8-13)26-25-14-9-5-2-6-10-14/h1-10,25,27H,11-12H2/b26-15-. The van der Waals surface area contributed by atoms with E-state index in [1.807, 2.05) is 0 Å². The monoisotopic (exact) mass is 390 g/mol. The molecule has 27 heavy (non-hydrogen) atoms. The van der Waals surface area contributed by atoms with Gasteiger partial charge in [0.25, 0.3) is 5.60 Å². The highest BCUT2D eigenvalue weighted by Gasteiger charge is 2.70. The molecule has 2 aromatic carbocycles. The summed E-state index contributed by atoms with van der Waals surface area (Å²) in [4.78, 5) is 0. The van der Waals surface area contributed by atoms with Crippen LogP contribution in [0.15, 0.2) is 65.8 Å². The van der Waals surface area contributed by atoms with Gasteiger partial charge in [-0.15, -0.1) is 0 Å². The first-order valence-electron chi connectivity index (χ1n) is 7.79. The molecule has 0 aromatic heterocycles. The minimum atomic E-state index is -5.91. The summed E-state index contributed by atoms with van der Waals surface area (Å²) in [6.45, 7) is 0. The SMILES string of the molecule is OC(C/C(Cc1ccccc1)=N\Nc1ccccc1)(C(F)(F)F)C(F)(F)F. The third kappa shape index (κ3) is 5.22. The third-order valence-electron chi connectivity index (χ3n) is 3.77. The van der Waals surface area contributed by atoms with Crippen molar-refractivity contribution in [1.82, 2.24) is 0 Å². The molecule has 3 nitrogen and oxygen atoms in total. The normalized spacial score (nSPS) is 13.5. The Kier molecular flexibility index (Phi) is 6.15. The second-order valence-electron chi connectivity index (χ2n) is 5.85. The fraction of sp³-hybridized carbons (Fsp3) is 0.278. The first-order valence-corrected chi connectivity index (χ1v) is 7.79. The highest BCUT2D eigenvalue weighted by molar-refractivity contribution is 5.88. The molecule has 0 radical (unpaired) electrons. The summed E-state index contributed by atoms with van der Waals surface area (Å²) in [5.41, 5.74) is -2.13. The van der Waals surface area contributed by atoms with Gasteiger partial charge in [-0.1, -0.05) is 48.5 Å². The number of nitrogens with zero attached hydrogens (tertiary/aromatic N) is 1. The van der Waals surface area contributed by atoms with Crippen LogP contribution in [0.1, 0.15) is 12.0 Å². The molecule has 0 aliphatic heterocycles. The minimum Gasteiger partial charge on any atom is -0.373 e. The van der Waals surface area contributed by atoms with Crippen molar-refractivity contribution in [1.29, 1.82) is 0 Å². The maximum atomic E-state index is 13.0. The molecule has 0 saturated heterocycles. The third-order valence-corrected chi connectivity index (χ3v) is 3.77. The van der Waals surface area contributed by atoms with E-state index in [1.165, 1.54) is 12.1 Å². The molecule has 0 fully saturated rings. The Morgan fingerprint density at radius 2 is 1.30 bits per heavy atom. The van der Waals surface area contributed by atoms with Gasteiger partial charge in [0.2, 0.25) is 0 Å². The predicted molar refractivity (Wildman–Crippen MR) is 89.3 cm³/mol. The average molecular weight is 390 g/mol. The molecule has 2 N–H and O–H groups in total. The second kappa shape index (κ2) is 7.99. The maximum Gasteiger partial charge on any atom is 0.426 e. The summed E-state index contributed by atoms with van der Waals surface area (Å²) in [7, 11) is 0. The van der Waals surface area contributed by atoms with E-state index in [2.05, 4.69) is 10.5 Å². The number of anilines is 1. The lowest BCUT2D eigenvalue weighted by molar-refractivity contribution is -0.365. The van der Waals surface area contributed by atoms with Gasteiger partial charge in [-0.2, -0.15) is 31.4 Å². The van der Waals surface area contributed by atoms with Gasteiger partial charge in [-0.05, 0) is 17.7 Å². The molecule has 0 atom stereocenters. The lowest BCUT2D eigenvalue weighted by Gasteiger charge is -2.32. The maximum absolute atomic E-state index is 13.0. The van der Waals surface area contributed by atoms with E-state index in [1.54, 1.807) is 48.5 Å². The zero-order valence-corrected chi connectivity index (χ0v) is 13.8. The average Bonchev–Trinajstić information content (AvgIpc) is 2.59. The van der Waals surface area contributed by atoms with Crippen LogP contribution in [0, 0.1) is 0 Å². The summed E-state index contributed by atoms with van der Waals surface area (Å²) in [5.74, 6) is 0. The van der Waals surface area contributed by atoms with Crippen molar-refractivity contribution < 1.29 is 31.4 Å². The quantitative estimate of drug-likeness (QED) is 0.417. The van der Waals surface area contributed by atoms with E-state index in [-0.39, 0.29) is 6.42 Å². The molecule has 0 saturated carbocycles. The highest BCUT2D eigenvalue weighted by Crippen LogP contribution is 2.45. The van der Waals surface area contributed by atoms with E-state index in [4.69, 9.17) is 0 Å². The van der Waals surface area contributed by atoms with Crippen molar-refractivity contribution in [3.05, 3.63) is 66.2 Å². The number of para-hydroxylation sites is 1. The van der Waals surface area contributed by atoms with Gasteiger partial charge in [0, 0.05) is 18.6 Å². The van der Waals surface area contributed by atoms with E-state index in [0.29, 0.717) is 11.3 Å². The van der Waals surface area contributed by atoms with Gasteiger partial charge in [-0.25, -0.2) is 0 Å². The van der Waals surface area contributed by atoms with Crippen molar-refractivity contribution in [2.75, 3.05) is 5.43 Å². The molecule has 0 heterocycles. The van der Waals surface area contributed by atoms with Crippen LogP contribution >= 0.6 is 0 Å². The van der Waals surface area contributed by atoms with Gasteiger partial charge in [0.05, 0.1) is 5.69 Å². The van der Waals surface area contributed by atoms with Crippen molar-refractivity contribution in [3.63, 3.8) is 0 Å². The van der Waals surface area contributed by atoms with Crippen LogP contribution in [-0.2, 0) is 6.42 Å². The molecule has 0 aliphatic rings. The van der Waals surface area contributed by atoms with E-state index >= 15 is 0 Å². The fourth-order valence-electron chi connectivity index (χ4n) is 2.29. The minimum absolute atomic E-state index is 0.296. The van der Waals surface area contributed by atoms with Crippen LogP contribution in [-0.4, -0.2) is 28.8 Å². The number of halogens is 6. The number of nitrogens with one attached hydrogen (secondary N) is 1. The topological polar surface area (TPSA) is 44.6 Å². The first-order chi connectivity index (χ1) is 12.5. The summed E-state index contributed by atoms with van der Waals surface area (Å²) >= 11 is 0. The Hall–Kier alpha value is -2.55. The Balaban J connectivity index is 2.35. The number of hydrogen-bond donors (Lipinski definition) is 2. The number of hydrogen-bond acceptors (Lipinski definition) is 3. The van der Waals surface area contributed by atoms with E-state index in [0.717, 1.165) is 0 Å². The largest absolute Gasteiger partial charge is 0.426 e. The van der Waals surface area contributed by atoms with Crippen molar-refractivity contribution >= 4 is 11.4 Å². The van der Waals surface area contributed by atoms with Crippen molar-refractivity contribution in [2.45, 2.75) is 30.8 Å². The smallest absolute Gasteiger partial charge is 0.373 e. The van der Waals surface area contributed by atoms with Crippen LogP contribution in [0.5, 0.6) is 0 Å². The summed E-state index contributed by atoms with van der Waals surface area (Å²) in [5, 5.41) is 13.2. The van der Waals surface area contributed by atoms with Gasteiger partial charge < -0.3 is 5.11 Å². The fourth-order valence-corrected chi connectivity index (χ4v) is 2.29. The van der Waals surface area contributed by atoms with Crippen molar-refractivity contribution in [3.8, 4) is 0 Å². The van der Waals surface area contributed by atoms with Gasteiger partial charge in [0.1, 0.15) is 0 Å². The molecule has 0 amide bonds. The molecule has 0 unspecified atom stereocenters. The van der Waals surface area contributed by atoms with Crippen LogP contribution in [0.3, 0.4) is 0 Å². The van der Waals surface area contributed by atoms with E-state index in [9.17, 15) is 31.4 Å². The zero-order valence-electron chi connectivity index (χ0n) is 13.8. The van der Waals surface area contributed by atoms with Crippen LogP contribution < -0.4 is 5.43 Å². The van der Waals surface area contributed by atoms with Gasteiger partial charge in [0.15, 0.2) is 0 Å². The number of alkyl halides is 6. The van der Waals surface area contributed by atoms with Crippen LogP contribution in [0.4, 0.5) is 32.0 Å². The Morgan fingerprint density at radius 1 is 0.815 bits per heavy atom. The Morgan fingerprint density at radius 3 is 1.78 bits per heavy atom. The first kappa shape index (κ1) is 20.8. The number of hydrazone groups is 1. The van der Waals surface area contributed by atoms with Gasteiger partial charge in [-0.3, -0.25) is 5.43 Å². The molecule has 0 bridgehead atoms. The molecule has 2 aromatic rings. The number of rotatable bonds is 6. The number of benzene rings is 2. The summed E-state index contributed by atoms with van der Waals surface area (Å²) in [6.07, 6.45) is -13.9. The van der Waals surface area contributed by atoms with Crippen molar-refractivity contribution in [2.24, 2.45) is 5.10 Å². The molecular weight excluding hydrogens is 374 g/mol.